The van der Waals surface area contributed by atoms with Crippen LogP contribution < -0.4 is 4.90 Å². The molecule has 0 amide bonds. The summed E-state index contributed by atoms with van der Waals surface area (Å²) in [6, 6.07) is 7.53. The molecule has 1 N–H and O–H groups in total. The molecular formula is C16H18N4O3. The predicted molar refractivity (Wildman–Crippen MR) is 87.2 cm³/mol. The maximum atomic E-state index is 10.6. The van der Waals surface area contributed by atoms with E-state index in [-0.39, 0.29) is 12.2 Å². The minimum Gasteiger partial charge on any atom is -0.389 e. The van der Waals surface area contributed by atoms with Crippen LogP contribution in [0.4, 0.5) is 11.4 Å². The fourth-order valence-electron chi connectivity index (χ4n) is 2.28. The summed E-state index contributed by atoms with van der Waals surface area (Å²) in [4.78, 5) is 12.1. The second-order valence-corrected chi connectivity index (χ2v) is 5.06. The van der Waals surface area contributed by atoms with Gasteiger partial charge in [0.05, 0.1) is 17.6 Å². The number of aliphatic hydroxyl groups excluding tert-OH is 1. The standard InChI is InChI=1S/C16H18N4O3/c1-3-13-6-5-7-14(8-13)18(4-2)11-16(21)12-19-10-15(9-17-19)20(22)23/h1,5-10,16,21H,4,11-12H2,2H3. The number of nitrogens with zero attached hydrogens (tertiary/aromatic N) is 4. The molecule has 0 saturated heterocycles. The molecule has 0 aliphatic rings. The Labute approximate surface area is 134 Å². The molecule has 1 aromatic heterocycles. The van der Waals surface area contributed by atoms with E-state index in [2.05, 4.69) is 11.0 Å². The monoisotopic (exact) mass is 314 g/mol. The van der Waals surface area contributed by atoms with E-state index in [0.29, 0.717) is 13.1 Å². The Morgan fingerprint density at radius 2 is 2.35 bits per heavy atom. The number of nitro groups is 1. The van der Waals surface area contributed by atoms with Gasteiger partial charge in [0.1, 0.15) is 12.4 Å². The SMILES string of the molecule is C#Cc1cccc(N(CC)CC(O)Cn2cc([N+](=O)[O-])cn2)c1. The molecule has 23 heavy (non-hydrogen) atoms. The highest BCUT2D eigenvalue weighted by Crippen LogP contribution is 2.16. The Hall–Kier alpha value is -2.85. The lowest BCUT2D eigenvalue weighted by Crippen LogP contribution is -2.34. The zero-order valence-corrected chi connectivity index (χ0v) is 12.8. The fourth-order valence-corrected chi connectivity index (χ4v) is 2.28. The molecule has 0 bridgehead atoms. The van der Waals surface area contributed by atoms with Crippen LogP contribution in [0.2, 0.25) is 0 Å². The molecule has 0 aliphatic heterocycles. The van der Waals surface area contributed by atoms with Crippen molar-refractivity contribution in [3.05, 3.63) is 52.3 Å². The predicted octanol–water partition coefficient (Wildman–Crippen LogP) is 1.66. The molecule has 0 saturated carbocycles. The highest BCUT2D eigenvalue weighted by molar-refractivity contribution is 5.52. The van der Waals surface area contributed by atoms with E-state index in [4.69, 9.17) is 6.42 Å². The number of rotatable bonds is 7. The molecule has 1 aromatic carbocycles. The average molecular weight is 314 g/mol. The second-order valence-electron chi connectivity index (χ2n) is 5.06. The zero-order chi connectivity index (χ0) is 16.8. The number of anilines is 1. The first-order valence-electron chi connectivity index (χ1n) is 7.20. The summed E-state index contributed by atoms with van der Waals surface area (Å²) in [7, 11) is 0. The van der Waals surface area contributed by atoms with E-state index in [9.17, 15) is 15.2 Å². The smallest absolute Gasteiger partial charge is 0.306 e. The van der Waals surface area contributed by atoms with E-state index in [1.54, 1.807) is 0 Å². The molecule has 2 rings (SSSR count). The van der Waals surface area contributed by atoms with Gasteiger partial charge in [0.15, 0.2) is 0 Å². The van der Waals surface area contributed by atoms with Crippen LogP contribution in [0.25, 0.3) is 0 Å². The van der Waals surface area contributed by atoms with Gasteiger partial charge in [-0.1, -0.05) is 12.0 Å². The Kier molecular flexibility index (Phi) is 5.33. The zero-order valence-electron chi connectivity index (χ0n) is 12.8. The van der Waals surface area contributed by atoms with Crippen LogP contribution in [0.15, 0.2) is 36.7 Å². The summed E-state index contributed by atoms with van der Waals surface area (Å²) < 4.78 is 1.37. The molecule has 7 heteroatoms. The van der Waals surface area contributed by atoms with E-state index in [1.807, 2.05) is 36.1 Å². The first-order chi connectivity index (χ1) is 11.0. The lowest BCUT2D eigenvalue weighted by atomic mass is 10.2. The van der Waals surface area contributed by atoms with Crippen molar-refractivity contribution in [2.45, 2.75) is 19.6 Å². The first kappa shape index (κ1) is 16.5. The molecule has 7 nitrogen and oxygen atoms in total. The highest BCUT2D eigenvalue weighted by Gasteiger charge is 2.15. The third-order valence-electron chi connectivity index (χ3n) is 3.42. The minimum atomic E-state index is -0.719. The summed E-state index contributed by atoms with van der Waals surface area (Å²) in [5.74, 6) is 2.59. The lowest BCUT2D eigenvalue weighted by molar-refractivity contribution is -0.385. The Balaban J connectivity index is 2.02. The molecule has 0 spiro atoms. The van der Waals surface area contributed by atoms with Crippen molar-refractivity contribution in [2.75, 3.05) is 18.0 Å². The van der Waals surface area contributed by atoms with Gasteiger partial charge in [0, 0.05) is 24.3 Å². The largest absolute Gasteiger partial charge is 0.389 e. The Bertz CT molecular complexity index is 720. The molecule has 0 aliphatic carbocycles. The number of benzene rings is 1. The summed E-state index contributed by atoms with van der Waals surface area (Å²) in [5.41, 5.74) is 1.61. The van der Waals surface area contributed by atoms with Gasteiger partial charge in [0.2, 0.25) is 0 Å². The Morgan fingerprint density at radius 3 is 2.96 bits per heavy atom. The van der Waals surface area contributed by atoms with Gasteiger partial charge in [-0.2, -0.15) is 5.10 Å². The number of hydrogen-bond donors (Lipinski definition) is 1. The minimum absolute atomic E-state index is 0.0914. The van der Waals surface area contributed by atoms with Crippen molar-refractivity contribution >= 4 is 11.4 Å². The van der Waals surface area contributed by atoms with Crippen molar-refractivity contribution in [1.29, 1.82) is 0 Å². The van der Waals surface area contributed by atoms with Gasteiger partial charge in [0.25, 0.3) is 0 Å². The lowest BCUT2D eigenvalue weighted by Gasteiger charge is -2.26. The second kappa shape index (κ2) is 7.42. The molecule has 2 aromatic rings. The van der Waals surface area contributed by atoms with Gasteiger partial charge < -0.3 is 10.0 Å². The topological polar surface area (TPSA) is 84.4 Å². The summed E-state index contributed by atoms with van der Waals surface area (Å²) in [6.07, 6.45) is 7.16. The molecule has 0 fully saturated rings. The Morgan fingerprint density at radius 1 is 1.57 bits per heavy atom. The van der Waals surface area contributed by atoms with Crippen LogP contribution in [0.1, 0.15) is 12.5 Å². The quantitative estimate of drug-likeness (QED) is 0.477. The number of likely N-dealkylation sites (N-methyl/N-ethyl adjacent to an activating group) is 1. The van der Waals surface area contributed by atoms with E-state index in [1.165, 1.54) is 17.1 Å². The number of aliphatic hydroxyl groups is 1. The van der Waals surface area contributed by atoms with E-state index in [0.717, 1.165) is 11.3 Å². The summed E-state index contributed by atoms with van der Waals surface area (Å²) >= 11 is 0. The van der Waals surface area contributed by atoms with Crippen molar-refractivity contribution in [3.8, 4) is 12.3 Å². The van der Waals surface area contributed by atoms with Crippen LogP contribution >= 0.6 is 0 Å². The number of terminal acetylenes is 1. The van der Waals surface area contributed by atoms with Crippen LogP contribution in [-0.4, -0.2) is 39.0 Å². The molecule has 1 unspecified atom stereocenters. The van der Waals surface area contributed by atoms with Crippen molar-refractivity contribution in [3.63, 3.8) is 0 Å². The third-order valence-corrected chi connectivity index (χ3v) is 3.42. The fraction of sp³-hybridized carbons (Fsp3) is 0.312. The molecular weight excluding hydrogens is 296 g/mol. The maximum absolute atomic E-state index is 10.6. The maximum Gasteiger partial charge on any atom is 0.306 e. The van der Waals surface area contributed by atoms with Crippen molar-refractivity contribution in [2.24, 2.45) is 0 Å². The number of hydrogen-bond acceptors (Lipinski definition) is 5. The van der Waals surface area contributed by atoms with Crippen molar-refractivity contribution < 1.29 is 10.0 Å². The van der Waals surface area contributed by atoms with Crippen LogP contribution in [-0.2, 0) is 6.54 Å². The average Bonchev–Trinajstić information content (AvgIpc) is 3.01. The van der Waals surface area contributed by atoms with Gasteiger partial charge >= 0.3 is 5.69 Å². The van der Waals surface area contributed by atoms with Gasteiger partial charge in [-0.05, 0) is 25.1 Å². The van der Waals surface area contributed by atoms with E-state index >= 15 is 0 Å². The third kappa shape index (κ3) is 4.31. The summed E-state index contributed by atoms with van der Waals surface area (Å²) in [5, 5.41) is 24.7. The summed E-state index contributed by atoms with van der Waals surface area (Å²) in [6.45, 7) is 3.23. The number of aromatic nitrogens is 2. The van der Waals surface area contributed by atoms with Gasteiger partial charge in [-0.15, -0.1) is 6.42 Å². The molecule has 0 radical (unpaired) electrons. The van der Waals surface area contributed by atoms with Crippen LogP contribution in [0.5, 0.6) is 0 Å². The normalized spacial score (nSPS) is 11.7. The van der Waals surface area contributed by atoms with Crippen molar-refractivity contribution in [1.82, 2.24) is 9.78 Å². The first-order valence-corrected chi connectivity index (χ1v) is 7.20. The molecule has 1 atom stereocenters. The molecule has 1 heterocycles. The van der Waals surface area contributed by atoms with Crippen LogP contribution in [0, 0.1) is 22.5 Å². The van der Waals surface area contributed by atoms with Gasteiger partial charge in [-0.3, -0.25) is 14.8 Å². The van der Waals surface area contributed by atoms with Gasteiger partial charge in [-0.25, -0.2) is 0 Å². The van der Waals surface area contributed by atoms with E-state index < -0.39 is 11.0 Å². The highest BCUT2D eigenvalue weighted by atomic mass is 16.6. The van der Waals surface area contributed by atoms with Crippen LogP contribution in [0.3, 0.4) is 0 Å². The molecule has 120 valence electrons.